The van der Waals surface area contributed by atoms with Crippen LogP contribution in [-0.4, -0.2) is 41.5 Å². The van der Waals surface area contributed by atoms with E-state index in [4.69, 9.17) is 9.57 Å². The zero-order valence-electron chi connectivity index (χ0n) is 17.5. The molecule has 31 heavy (non-hydrogen) atoms. The number of piperidine rings is 1. The molecule has 1 atom stereocenters. The van der Waals surface area contributed by atoms with Crippen molar-refractivity contribution in [1.82, 2.24) is 15.7 Å². The molecule has 1 spiro atoms. The van der Waals surface area contributed by atoms with E-state index in [0.717, 1.165) is 5.56 Å². The highest BCUT2D eigenvalue weighted by Crippen LogP contribution is 2.32. The van der Waals surface area contributed by atoms with Crippen LogP contribution in [0, 0.1) is 0 Å². The van der Waals surface area contributed by atoms with Crippen LogP contribution in [0.1, 0.15) is 25.3 Å². The number of carbonyl (C=O) groups excluding carboxylic acids is 2. The van der Waals surface area contributed by atoms with Crippen LogP contribution in [0.4, 0.5) is 0 Å². The normalized spacial score (nSPS) is 18.1. The maximum Gasteiger partial charge on any atom is 0.269 e. The topological polar surface area (TPSA) is 79.9 Å². The standard InChI is InChI=1S/C24H27N3O4/c1-18(30-20-10-6-3-7-11-20)23(29)27-14-12-24(13-15-27)16-21(26-31-24)22(28)25-17-19-8-4-2-5-9-19/h2-11,16,18,26H,12-15,17H2,1H3,(H,25,28). The van der Waals surface area contributed by atoms with Gasteiger partial charge in [0.1, 0.15) is 17.0 Å². The number of hydrogen-bond donors (Lipinski definition) is 2. The number of ether oxygens (including phenoxy) is 1. The largest absolute Gasteiger partial charge is 0.481 e. The Labute approximate surface area is 182 Å². The van der Waals surface area contributed by atoms with Gasteiger partial charge in [0.05, 0.1) is 0 Å². The first-order valence-electron chi connectivity index (χ1n) is 10.5. The maximum absolute atomic E-state index is 12.8. The Morgan fingerprint density at radius 1 is 1.10 bits per heavy atom. The van der Waals surface area contributed by atoms with Crippen molar-refractivity contribution in [3.63, 3.8) is 0 Å². The first-order valence-corrected chi connectivity index (χ1v) is 10.5. The third-order valence-corrected chi connectivity index (χ3v) is 5.64. The van der Waals surface area contributed by atoms with Crippen LogP contribution in [0.5, 0.6) is 5.75 Å². The second-order valence-corrected chi connectivity index (χ2v) is 7.89. The lowest BCUT2D eigenvalue weighted by atomic mass is 9.90. The third-order valence-electron chi connectivity index (χ3n) is 5.64. The molecule has 162 valence electrons. The molecule has 2 aromatic carbocycles. The molecule has 0 aliphatic carbocycles. The van der Waals surface area contributed by atoms with Crippen LogP contribution in [0.15, 0.2) is 72.4 Å². The van der Waals surface area contributed by atoms with E-state index in [0.29, 0.717) is 43.9 Å². The van der Waals surface area contributed by atoms with Gasteiger partial charge in [0.15, 0.2) is 6.10 Å². The molecule has 2 heterocycles. The summed E-state index contributed by atoms with van der Waals surface area (Å²) in [6.45, 7) is 3.30. The van der Waals surface area contributed by atoms with Crippen LogP contribution in [0.25, 0.3) is 0 Å². The molecule has 2 amide bonds. The van der Waals surface area contributed by atoms with Gasteiger partial charge in [-0.15, -0.1) is 0 Å². The predicted octanol–water partition coefficient (Wildman–Crippen LogP) is 2.55. The molecule has 1 unspecified atom stereocenters. The predicted molar refractivity (Wildman–Crippen MR) is 116 cm³/mol. The zero-order chi connectivity index (χ0) is 21.7. The number of para-hydroxylation sites is 1. The lowest BCUT2D eigenvalue weighted by Gasteiger charge is -2.37. The minimum absolute atomic E-state index is 0.0468. The van der Waals surface area contributed by atoms with Gasteiger partial charge >= 0.3 is 0 Å². The summed E-state index contributed by atoms with van der Waals surface area (Å²) in [4.78, 5) is 32.8. The molecule has 0 bridgehead atoms. The fourth-order valence-electron chi connectivity index (χ4n) is 3.83. The molecule has 2 aromatic rings. The van der Waals surface area contributed by atoms with Crippen LogP contribution >= 0.6 is 0 Å². The smallest absolute Gasteiger partial charge is 0.269 e. The quantitative estimate of drug-likeness (QED) is 0.749. The van der Waals surface area contributed by atoms with Crippen molar-refractivity contribution in [2.75, 3.05) is 13.1 Å². The highest BCUT2D eigenvalue weighted by molar-refractivity contribution is 5.93. The molecular formula is C24H27N3O4. The lowest BCUT2D eigenvalue weighted by molar-refractivity contribution is -0.143. The monoisotopic (exact) mass is 421 g/mol. The van der Waals surface area contributed by atoms with Crippen molar-refractivity contribution >= 4 is 11.8 Å². The maximum atomic E-state index is 12.8. The van der Waals surface area contributed by atoms with Crippen molar-refractivity contribution in [2.45, 2.75) is 38.0 Å². The average molecular weight is 421 g/mol. The van der Waals surface area contributed by atoms with E-state index in [2.05, 4.69) is 10.8 Å². The van der Waals surface area contributed by atoms with Crippen LogP contribution < -0.4 is 15.5 Å². The van der Waals surface area contributed by atoms with Gasteiger partial charge in [-0.3, -0.25) is 19.9 Å². The number of amides is 2. The molecular weight excluding hydrogens is 394 g/mol. The van der Waals surface area contributed by atoms with E-state index < -0.39 is 11.7 Å². The van der Waals surface area contributed by atoms with Crippen molar-refractivity contribution in [2.24, 2.45) is 0 Å². The fraction of sp³-hybridized carbons (Fsp3) is 0.333. The number of carbonyl (C=O) groups is 2. The first-order chi connectivity index (χ1) is 15.0. The second-order valence-electron chi connectivity index (χ2n) is 7.89. The van der Waals surface area contributed by atoms with Gasteiger partial charge in [-0.05, 0) is 30.7 Å². The molecule has 7 heteroatoms. The summed E-state index contributed by atoms with van der Waals surface area (Å²) in [7, 11) is 0. The van der Waals surface area contributed by atoms with Crippen molar-refractivity contribution in [3.8, 4) is 5.75 Å². The van der Waals surface area contributed by atoms with E-state index in [-0.39, 0.29) is 11.8 Å². The molecule has 0 aromatic heterocycles. The second kappa shape index (κ2) is 9.22. The van der Waals surface area contributed by atoms with Gasteiger partial charge in [-0.25, -0.2) is 0 Å². The zero-order valence-corrected chi connectivity index (χ0v) is 17.5. The number of rotatable bonds is 6. The minimum atomic E-state index is -0.570. The fourth-order valence-corrected chi connectivity index (χ4v) is 3.83. The van der Waals surface area contributed by atoms with E-state index in [1.54, 1.807) is 11.8 Å². The summed E-state index contributed by atoms with van der Waals surface area (Å²) < 4.78 is 5.76. The SMILES string of the molecule is CC(Oc1ccccc1)C(=O)N1CCC2(C=C(C(=O)NCc3ccccc3)NO2)CC1. The van der Waals surface area contributed by atoms with Gasteiger partial charge in [0.2, 0.25) is 0 Å². The summed E-state index contributed by atoms with van der Waals surface area (Å²) >= 11 is 0. The Bertz CT molecular complexity index is 938. The van der Waals surface area contributed by atoms with E-state index in [1.165, 1.54) is 0 Å². The molecule has 2 N–H and O–H groups in total. The molecule has 0 saturated carbocycles. The number of benzene rings is 2. The van der Waals surface area contributed by atoms with E-state index in [9.17, 15) is 9.59 Å². The highest BCUT2D eigenvalue weighted by atomic mass is 16.7. The summed E-state index contributed by atoms with van der Waals surface area (Å²) in [5.41, 5.74) is 3.65. The van der Waals surface area contributed by atoms with Crippen LogP contribution in [0.3, 0.4) is 0 Å². The first kappa shape index (κ1) is 20.9. The third kappa shape index (κ3) is 5.06. The number of hydrogen-bond acceptors (Lipinski definition) is 5. The van der Waals surface area contributed by atoms with Gasteiger partial charge in [0.25, 0.3) is 11.8 Å². The summed E-state index contributed by atoms with van der Waals surface area (Å²) in [6.07, 6.45) is 2.51. The van der Waals surface area contributed by atoms with Crippen molar-refractivity contribution < 1.29 is 19.2 Å². The number of nitrogens with zero attached hydrogens (tertiary/aromatic N) is 1. The van der Waals surface area contributed by atoms with E-state index >= 15 is 0 Å². The van der Waals surface area contributed by atoms with Crippen molar-refractivity contribution in [1.29, 1.82) is 0 Å². The average Bonchev–Trinajstić information content (AvgIpc) is 3.22. The van der Waals surface area contributed by atoms with Gasteiger partial charge < -0.3 is 15.0 Å². The molecule has 7 nitrogen and oxygen atoms in total. The van der Waals surface area contributed by atoms with Gasteiger partial charge in [0, 0.05) is 32.5 Å². The van der Waals surface area contributed by atoms with Gasteiger partial charge in [-0.2, -0.15) is 0 Å². The molecule has 1 saturated heterocycles. The Morgan fingerprint density at radius 3 is 2.42 bits per heavy atom. The van der Waals surface area contributed by atoms with E-state index in [1.807, 2.05) is 66.7 Å². The van der Waals surface area contributed by atoms with Gasteiger partial charge in [-0.1, -0.05) is 48.5 Å². The Kier molecular flexibility index (Phi) is 6.23. The minimum Gasteiger partial charge on any atom is -0.481 e. The lowest BCUT2D eigenvalue weighted by Crippen LogP contribution is -2.50. The Morgan fingerprint density at radius 2 is 1.74 bits per heavy atom. The van der Waals surface area contributed by atoms with Crippen LogP contribution in [0.2, 0.25) is 0 Å². The number of hydroxylamine groups is 1. The van der Waals surface area contributed by atoms with Crippen LogP contribution in [-0.2, 0) is 21.0 Å². The molecule has 1 fully saturated rings. The molecule has 0 radical (unpaired) electrons. The number of nitrogens with one attached hydrogen (secondary N) is 2. The molecule has 2 aliphatic rings. The molecule has 4 rings (SSSR count). The van der Waals surface area contributed by atoms with Crippen molar-refractivity contribution in [3.05, 3.63) is 78.0 Å². The number of likely N-dealkylation sites (tertiary alicyclic amines) is 1. The summed E-state index contributed by atoms with van der Waals surface area (Å²) in [6, 6.07) is 19.1. The summed E-state index contributed by atoms with van der Waals surface area (Å²) in [5, 5.41) is 2.90. The Balaban J connectivity index is 1.29. The Hall–Kier alpha value is -3.32. The summed E-state index contributed by atoms with van der Waals surface area (Å²) in [5.74, 6) is 0.424. The molecule has 2 aliphatic heterocycles. The highest BCUT2D eigenvalue weighted by Gasteiger charge is 2.41.